The van der Waals surface area contributed by atoms with E-state index >= 15 is 0 Å². The van der Waals surface area contributed by atoms with Crippen molar-refractivity contribution in [2.75, 3.05) is 13.1 Å². The molecular formula is C6H9F3N2. The highest BCUT2D eigenvalue weighted by Crippen LogP contribution is 2.17. The van der Waals surface area contributed by atoms with Crippen LogP contribution in [0.5, 0.6) is 0 Å². The Morgan fingerprint density at radius 2 is 2.00 bits per heavy atom. The molecule has 0 atom stereocenters. The number of rotatable bonds is 3. The van der Waals surface area contributed by atoms with E-state index in [0.717, 1.165) is 0 Å². The van der Waals surface area contributed by atoms with Gasteiger partial charge in [-0.1, -0.05) is 0 Å². The summed E-state index contributed by atoms with van der Waals surface area (Å²) in [6, 6.07) is 0. The zero-order valence-electron chi connectivity index (χ0n) is 6.15. The second-order valence-corrected chi connectivity index (χ2v) is 1.80. The number of aliphatic imine (C=N–C) groups is 2. The van der Waals surface area contributed by atoms with E-state index in [9.17, 15) is 13.2 Å². The summed E-state index contributed by atoms with van der Waals surface area (Å²) in [6.45, 7) is 4.16. The lowest BCUT2D eigenvalue weighted by atomic mass is 10.3. The predicted octanol–water partition coefficient (Wildman–Crippen LogP) is 1.71. The minimum Gasteiger partial charge on any atom is -0.295 e. The van der Waals surface area contributed by atoms with Gasteiger partial charge in [-0.15, -0.1) is 0 Å². The van der Waals surface area contributed by atoms with Crippen LogP contribution in [0.2, 0.25) is 0 Å². The Balaban J connectivity index is 4.34. The first-order chi connectivity index (χ1) is 5.02. The highest BCUT2D eigenvalue weighted by Gasteiger charge is 2.34. The summed E-state index contributed by atoms with van der Waals surface area (Å²) in [7, 11) is 0. The third-order valence-electron chi connectivity index (χ3n) is 0.938. The Kier molecular flexibility index (Phi) is 3.78. The van der Waals surface area contributed by atoms with Crippen molar-refractivity contribution in [2.24, 2.45) is 9.98 Å². The van der Waals surface area contributed by atoms with Gasteiger partial charge in [0.1, 0.15) is 5.71 Å². The Hall–Kier alpha value is -0.870. The van der Waals surface area contributed by atoms with Gasteiger partial charge in [0.05, 0.1) is 6.54 Å². The molecule has 5 heteroatoms. The molecule has 0 aromatic rings. The molecule has 0 aliphatic heterocycles. The molecule has 2 nitrogen and oxygen atoms in total. The molecule has 0 unspecified atom stereocenters. The minimum absolute atomic E-state index is 0.115. The van der Waals surface area contributed by atoms with Crippen LogP contribution in [0.4, 0.5) is 13.2 Å². The molecule has 0 aliphatic rings. The van der Waals surface area contributed by atoms with Crippen molar-refractivity contribution in [3.8, 4) is 0 Å². The van der Waals surface area contributed by atoms with Crippen LogP contribution in [0, 0.1) is 0 Å². The van der Waals surface area contributed by atoms with Crippen molar-refractivity contribution in [3.05, 3.63) is 0 Å². The summed E-state index contributed by atoms with van der Waals surface area (Å²) < 4.78 is 35.6. The van der Waals surface area contributed by atoms with Crippen LogP contribution in [-0.4, -0.2) is 31.7 Å². The highest BCUT2D eigenvalue weighted by molar-refractivity contribution is 5.91. The number of halogens is 3. The molecular weight excluding hydrogens is 157 g/mol. The van der Waals surface area contributed by atoms with Gasteiger partial charge < -0.3 is 0 Å². The van der Waals surface area contributed by atoms with E-state index < -0.39 is 18.4 Å². The molecule has 0 saturated heterocycles. The first-order valence-corrected chi connectivity index (χ1v) is 3.05. The number of alkyl halides is 3. The van der Waals surface area contributed by atoms with Crippen LogP contribution in [0.25, 0.3) is 0 Å². The molecule has 0 aliphatic carbocycles. The van der Waals surface area contributed by atoms with E-state index in [0.29, 0.717) is 0 Å². The largest absolute Gasteiger partial charge is 0.430 e. The normalized spacial score (nSPS) is 13.3. The molecule has 0 heterocycles. The zero-order valence-corrected chi connectivity index (χ0v) is 6.15. The van der Waals surface area contributed by atoms with Gasteiger partial charge in [-0.3, -0.25) is 9.98 Å². The third kappa shape index (κ3) is 3.75. The van der Waals surface area contributed by atoms with Crippen LogP contribution < -0.4 is 0 Å². The van der Waals surface area contributed by atoms with E-state index in [-0.39, 0.29) is 6.54 Å². The molecule has 0 aromatic heterocycles. The van der Waals surface area contributed by atoms with Gasteiger partial charge in [0, 0.05) is 6.54 Å². The van der Waals surface area contributed by atoms with E-state index in [4.69, 9.17) is 0 Å². The lowest BCUT2D eigenvalue weighted by molar-refractivity contribution is -0.0597. The molecule has 0 spiro atoms. The summed E-state index contributed by atoms with van der Waals surface area (Å²) in [5.74, 6) is 0. The van der Waals surface area contributed by atoms with Crippen molar-refractivity contribution in [1.29, 1.82) is 0 Å². The molecule has 11 heavy (non-hydrogen) atoms. The van der Waals surface area contributed by atoms with E-state index in [1.165, 1.54) is 6.92 Å². The summed E-state index contributed by atoms with van der Waals surface area (Å²) >= 11 is 0. The van der Waals surface area contributed by atoms with Crippen molar-refractivity contribution >= 4 is 12.4 Å². The summed E-state index contributed by atoms with van der Waals surface area (Å²) in [5, 5.41) is 0. The van der Waals surface area contributed by atoms with Gasteiger partial charge in [0.15, 0.2) is 0 Å². The Bertz CT molecular complexity index is 160. The zero-order chi connectivity index (χ0) is 8.91. The Morgan fingerprint density at radius 1 is 1.45 bits per heavy atom. The van der Waals surface area contributed by atoms with Crippen molar-refractivity contribution in [1.82, 2.24) is 0 Å². The fourth-order valence-electron chi connectivity index (χ4n) is 0.526. The number of hydrogen-bond acceptors (Lipinski definition) is 2. The Labute approximate surface area is 62.9 Å². The van der Waals surface area contributed by atoms with Gasteiger partial charge in [-0.2, -0.15) is 13.2 Å². The van der Waals surface area contributed by atoms with Crippen LogP contribution in [0.1, 0.15) is 6.92 Å². The average molecular weight is 166 g/mol. The second-order valence-electron chi connectivity index (χ2n) is 1.80. The SMILES string of the molecule is C=NCC(=NCC)C(F)(F)F. The maximum atomic E-state index is 11.9. The second kappa shape index (κ2) is 4.10. The molecule has 0 rings (SSSR count). The van der Waals surface area contributed by atoms with Crippen molar-refractivity contribution in [2.45, 2.75) is 13.1 Å². The first-order valence-electron chi connectivity index (χ1n) is 3.05. The fourth-order valence-corrected chi connectivity index (χ4v) is 0.526. The fraction of sp³-hybridized carbons (Fsp3) is 0.667. The smallest absolute Gasteiger partial charge is 0.295 e. The molecule has 0 aromatic carbocycles. The lowest BCUT2D eigenvalue weighted by Gasteiger charge is -2.06. The molecule has 64 valence electrons. The maximum absolute atomic E-state index is 11.9. The van der Waals surface area contributed by atoms with Gasteiger partial charge in [0.2, 0.25) is 0 Å². The molecule has 0 saturated carbocycles. The number of hydrogen-bond donors (Lipinski definition) is 0. The maximum Gasteiger partial charge on any atom is 0.430 e. The van der Waals surface area contributed by atoms with Gasteiger partial charge >= 0.3 is 6.18 Å². The van der Waals surface area contributed by atoms with E-state index in [1.807, 2.05) is 0 Å². The highest BCUT2D eigenvalue weighted by atomic mass is 19.4. The summed E-state index contributed by atoms with van der Waals surface area (Å²) in [5.41, 5.74) is -0.866. The monoisotopic (exact) mass is 166 g/mol. The third-order valence-corrected chi connectivity index (χ3v) is 0.938. The minimum atomic E-state index is -4.36. The molecule has 0 N–H and O–H groups in total. The average Bonchev–Trinajstić information content (AvgIpc) is 1.85. The standard InChI is InChI=1S/C6H9F3N2/c1-3-11-5(4-10-2)6(7,8)9/h2-4H2,1H3. The van der Waals surface area contributed by atoms with E-state index in [2.05, 4.69) is 16.7 Å². The predicted molar refractivity (Wildman–Crippen MR) is 38.4 cm³/mol. The van der Waals surface area contributed by atoms with Gasteiger partial charge in [-0.25, -0.2) is 0 Å². The van der Waals surface area contributed by atoms with Crippen LogP contribution in [-0.2, 0) is 0 Å². The van der Waals surface area contributed by atoms with Gasteiger partial charge in [-0.05, 0) is 13.6 Å². The van der Waals surface area contributed by atoms with Gasteiger partial charge in [0.25, 0.3) is 0 Å². The van der Waals surface area contributed by atoms with Crippen LogP contribution >= 0.6 is 0 Å². The van der Waals surface area contributed by atoms with Crippen LogP contribution in [0.3, 0.4) is 0 Å². The topological polar surface area (TPSA) is 24.7 Å². The summed E-state index contributed by atoms with van der Waals surface area (Å²) in [6.07, 6.45) is -4.36. The molecule has 0 amide bonds. The molecule has 0 radical (unpaired) electrons. The first kappa shape index (κ1) is 10.1. The van der Waals surface area contributed by atoms with Crippen molar-refractivity contribution < 1.29 is 13.2 Å². The summed E-state index contributed by atoms with van der Waals surface area (Å²) in [4.78, 5) is 6.36. The molecule has 0 fully saturated rings. The van der Waals surface area contributed by atoms with Crippen molar-refractivity contribution in [3.63, 3.8) is 0 Å². The van der Waals surface area contributed by atoms with Crippen LogP contribution in [0.15, 0.2) is 9.98 Å². The number of nitrogens with zero attached hydrogens (tertiary/aromatic N) is 2. The lowest BCUT2D eigenvalue weighted by Crippen LogP contribution is -2.25. The molecule has 0 bridgehead atoms. The quantitative estimate of drug-likeness (QED) is 0.570. The Morgan fingerprint density at radius 3 is 2.27 bits per heavy atom. The van der Waals surface area contributed by atoms with E-state index in [1.54, 1.807) is 0 Å².